The summed E-state index contributed by atoms with van der Waals surface area (Å²) in [6, 6.07) is 0. The molecule has 0 aromatic carbocycles. The minimum atomic E-state index is -1.74. The number of hydrogen-bond donors (Lipinski definition) is 12. The smallest absolute Gasteiger partial charge is 0.187 e. The highest BCUT2D eigenvalue weighted by Crippen LogP contribution is 2.28. The van der Waals surface area contributed by atoms with Gasteiger partial charge in [0.1, 0.15) is 67.1 Å². The highest BCUT2D eigenvalue weighted by Gasteiger charge is 2.50. The second kappa shape index (κ2) is 13.8. The molecule has 0 aromatic rings. The summed E-state index contributed by atoms with van der Waals surface area (Å²) < 4.78 is 15.3. The van der Waals surface area contributed by atoms with Gasteiger partial charge in [-0.25, -0.2) is 0 Å². The molecule has 33 heavy (non-hydrogen) atoms. The predicted octanol–water partition coefficient (Wildman–Crippen LogP) is -8.14. The molecule has 2 aliphatic heterocycles. The summed E-state index contributed by atoms with van der Waals surface area (Å²) in [5.74, 6) is 0. The van der Waals surface area contributed by atoms with E-state index < -0.39 is 99.5 Å². The summed E-state index contributed by atoms with van der Waals surface area (Å²) in [7, 11) is 0. The molecule has 2 aliphatic rings. The molecule has 2 heterocycles. The summed E-state index contributed by atoms with van der Waals surface area (Å²) in [5, 5.41) is 111. The van der Waals surface area contributed by atoms with E-state index in [4.69, 9.17) is 39.7 Å². The molecular formula is C17H32O16. The van der Waals surface area contributed by atoms with Crippen molar-refractivity contribution in [3.63, 3.8) is 0 Å². The van der Waals surface area contributed by atoms with Crippen LogP contribution in [0.1, 0.15) is 0 Å². The van der Waals surface area contributed by atoms with Gasteiger partial charge in [-0.05, 0) is 0 Å². The van der Waals surface area contributed by atoms with E-state index in [9.17, 15) is 40.5 Å². The highest BCUT2D eigenvalue weighted by atomic mass is 16.7. The monoisotopic (exact) mass is 492 g/mol. The van der Waals surface area contributed by atoms with Crippen molar-refractivity contribution in [2.24, 2.45) is 0 Å². The van der Waals surface area contributed by atoms with Crippen LogP contribution in [0, 0.1) is 0 Å². The minimum absolute atomic E-state index is 0.0869. The molecule has 0 saturated carbocycles. The number of ether oxygens (including phenoxy) is 3. The zero-order chi connectivity index (χ0) is 25.5. The molecule has 16 heteroatoms. The Bertz CT molecular complexity index is 563. The number of hydrogen-bond acceptors (Lipinski definition) is 16. The second-order valence-corrected chi connectivity index (χ2v) is 7.39. The number of aliphatic hydroxyl groups is 12. The van der Waals surface area contributed by atoms with E-state index in [1.54, 1.807) is 0 Å². The molecule has 0 aromatic heterocycles. The van der Waals surface area contributed by atoms with Crippen molar-refractivity contribution >= 4 is 6.29 Å². The van der Waals surface area contributed by atoms with Crippen LogP contribution in [-0.2, 0) is 19.0 Å². The highest BCUT2D eigenvalue weighted by molar-refractivity contribution is 5.56. The summed E-state index contributed by atoms with van der Waals surface area (Å²) in [6.07, 6.45) is -20.2. The van der Waals surface area contributed by atoms with Gasteiger partial charge in [-0.2, -0.15) is 0 Å². The first-order chi connectivity index (χ1) is 15.4. The Kier molecular flexibility index (Phi) is 12.6. The van der Waals surface area contributed by atoms with E-state index in [0.29, 0.717) is 0 Å². The Hall–Kier alpha value is -0.930. The maximum absolute atomic E-state index is 9.94. The lowest BCUT2D eigenvalue weighted by atomic mass is 9.97. The molecule has 13 atom stereocenters. The summed E-state index contributed by atoms with van der Waals surface area (Å²) in [6.45, 7) is -2.03. The van der Waals surface area contributed by atoms with Gasteiger partial charge >= 0.3 is 0 Å². The number of aliphatic hydroxyl groups excluding tert-OH is 12. The Morgan fingerprint density at radius 2 is 1.33 bits per heavy atom. The van der Waals surface area contributed by atoms with Gasteiger partial charge in [-0.1, -0.05) is 0 Å². The lowest BCUT2D eigenvalue weighted by Gasteiger charge is -2.45. The molecule has 0 aliphatic carbocycles. The van der Waals surface area contributed by atoms with Gasteiger partial charge < -0.3 is 80.3 Å². The zero-order valence-corrected chi connectivity index (χ0v) is 17.2. The van der Waals surface area contributed by atoms with Crippen LogP contribution < -0.4 is 0 Å². The second-order valence-electron chi connectivity index (χ2n) is 7.39. The van der Waals surface area contributed by atoms with Gasteiger partial charge in [0.15, 0.2) is 18.9 Å². The van der Waals surface area contributed by atoms with E-state index in [2.05, 4.69) is 0 Å². The number of carbonyl (C=O) groups excluding carboxylic acids is 1. The molecule has 12 N–H and O–H groups in total. The minimum Gasteiger partial charge on any atom is -0.394 e. The summed E-state index contributed by atoms with van der Waals surface area (Å²) in [4.78, 5) is 9.76. The maximum atomic E-state index is 9.94. The molecular weight excluding hydrogens is 460 g/mol. The predicted molar refractivity (Wildman–Crippen MR) is 99.8 cm³/mol. The van der Waals surface area contributed by atoms with Crippen molar-refractivity contribution < 1.29 is 80.3 Å². The zero-order valence-electron chi connectivity index (χ0n) is 17.2. The van der Waals surface area contributed by atoms with E-state index in [-0.39, 0.29) is 6.29 Å². The van der Waals surface area contributed by atoms with Crippen molar-refractivity contribution in [3.8, 4) is 0 Å². The van der Waals surface area contributed by atoms with Crippen LogP contribution >= 0.6 is 0 Å². The Labute approximate surface area is 187 Å². The van der Waals surface area contributed by atoms with E-state index >= 15 is 0 Å². The molecule has 0 amide bonds. The van der Waals surface area contributed by atoms with Crippen LogP contribution in [0.15, 0.2) is 0 Å². The van der Waals surface area contributed by atoms with E-state index in [1.165, 1.54) is 0 Å². The third-order valence-electron chi connectivity index (χ3n) is 5.05. The van der Waals surface area contributed by atoms with Crippen LogP contribution in [0.3, 0.4) is 0 Å². The molecule has 0 unspecified atom stereocenters. The fourth-order valence-corrected chi connectivity index (χ4v) is 2.99. The summed E-state index contributed by atoms with van der Waals surface area (Å²) in [5.41, 5.74) is 0. The lowest BCUT2D eigenvalue weighted by molar-refractivity contribution is -0.355. The van der Waals surface area contributed by atoms with Gasteiger partial charge in [0.25, 0.3) is 0 Å². The fraction of sp³-hybridized carbons (Fsp3) is 0.941. The molecule has 2 saturated heterocycles. The molecule has 2 fully saturated rings. The molecule has 2 rings (SSSR count). The SMILES string of the molecule is O=C[C@@H](O)[C@H](O)[C@H](O)CO.OC[C@H]1O[C@H](O[C@H]2[C@H](O)[C@@H](O)[C@H](O)O[C@@H]2CO)[C@H](O)[C@@H](O)[C@@H]1O. The first-order valence-corrected chi connectivity index (χ1v) is 9.81. The van der Waals surface area contributed by atoms with Crippen LogP contribution in [0.5, 0.6) is 0 Å². The number of aldehydes is 1. The van der Waals surface area contributed by atoms with Crippen LogP contribution in [0.4, 0.5) is 0 Å². The molecule has 196 valence electrons. The van der Waals surface area contributed by atoms with Crippen molar-refractivity contribution in [2.45, 2.75) is 79.7 Å². The van der Waals surface area contributed by atoms with Crippen molar-refractivity contribution in [2.75, 3.05) is 19.8 Å². The van der Waals surface area contributed by atoms with Crippen molar-refractivity contribution in [1.82, 2.24) is 0 Å². The standard InChI is InChI=1S/C12H22O11.C5H10O5/c13-1-3-5(15)6(16)9(19)12(22-3)23-10-4(2-14)21-11(20)8(18)7(10)17;6-1-3(8)5(10)4(9)2-7/h3-20H,1-2H2;1,3-5,7-10H,2H2/t3-,4-,5-,6+,7-,8-,9-,10-,11-,12-;3-,4-,5+/m11/s1. The Balaban J connectivity index is 0.000000461. The van der Waals surface area contributed by atoms with Gasteiger partial charge in [0.2, 0.25) is 0 Å². The van der Waals surface area contributed by atoms with Crippen LogP contribution in [-0.4, -0.2) is 167 Å². The van der Waals surface area contributed by atoms with Crippen molar-refractivity contribution in [3.05, 3.63) is 0 Å². The average molecular weight is 492 g/mol. The molecule has 0 radical (unpaired) electrons. The third kappa shape index (κ3) is 7.52. The van der Waals surface area contributed by atoms with Gasteiger partial charge in [-0.15, -0.1) is 0 Å². The first kappa shape index (κ1) is 30.1. The van der Waals surface area contributed by atoms with E-state index in [1.807, 2.05) is 0 Å². The molecule has 16 nitrogen and oxygen atoms in total. The Morgan fingerprint density at radius 1 is 0.758 bits per heavy atom. The number of carbonyl (C=O) groups is 1. The topological polar surface area (TPSA) is 288 Å². The Morgan fingerprint density at radius 3 is 1.82 bits per heavy atom. The average Bonchev–Trinajstić information content (AvgIpc) is 2.82. The van der Waals surface area contributed by atoms with Crippen LogP contribution in [0.25, 0.3) is 0 Å². The molecule has 0 bridgehead atoms. The summed E-state index contributed by atoms with van der Waals surface area (Å²) >= 11 is 0. The normalized spacial score (nSPS) is 41.9. The van der Waals surface area contributed by atoms with Gasteiger partial charge in [0, 0.05) is 0 Å². The lowest BCUT2D eigenvalue weighted by Crippen LogP contribution is -2.64. The largest absolute Gasteiger partial charge is 0.394 e. The molecule has 0 spiro atoms. The van der Waals surface area contributed by atoms with Crippen LogP contribution in [0.2, 0.25) is 0 Å². The quantitative estimate of drug-likeness (QED) is 0.140. The van der Waals surface area contributed by atoms with E-state index in [0.717, 1.165) is 0 Å². The maximum Gasteiger partial charge on any atom is 0.187 e. The van der Waals surface area contributed by atoms with Gasteiger partial charge in [-0.3, -0.25) is 0 Å². The van der Waals surface area contributed by atoms with Gasteiger partial charge in [0.05, 0.1) is 19.8 Å². The third-order valence-corrected chi connectivity index (χ3v) is 5.05. The number of rotatable bonds is 8. The first-order valence-electron chi connectivity index (χ1n) is 9.81. The fourth-order valence-electron chi connectivity index (χ4n) is 2.99. The van der Waals surface area contributed by atoms with Crippen molar-refractivity contribution in [1.29, 1.82) is 0 Å².